The lowest BCUT2D eigenvalue weighted by atomic mass is 10.1. The summed E-state index contributed by atoms with van der Waals surface area (Å²) in [5.74, 6) is 0.662. The molecule has 0 heterocycles. The van der Waals surface area contributed by atoms with Crippen LogP contribution in [0.4, 0.5) is 0 Å². The van der Waals surface area contributed by atoms with E-state index in [2.05, 4.69) is 0 Å². The van der Waals surface area contributed by atoms with Gasteiger partial charge in [-0.05, 0) is 42.9 Å². The molecule has 1 amide bonds. The Balaban J connectivity index is 1.64. The maximum Gasteiger partial charge on any atom is 0.226 e. The predicted octanol–water partition coefficient (Wildman–Crippen LogP) is 2.43. The van der Waals surface area contributed by atoms with Crippen molar-refractivity contribution in [3.63, 3.8) is 0 Å². The van der Waals surface area contributed by atoms with Crippen LogP contribution in [-0.4, -0.2) is 35.1 Å². The van der Waals surface area contributed by atoms with E-state index in [4.69, 9.17) is 16.7 Å². The summed E-state index contributed by atoms with van der Waals surface area (Å²) in [6, 6.07) is 8.15. The molecule has 2 aliphatic carbocycles. The number of rotatable bonds is 5. The molecule has 2 fully saturated rings. The van der Waals surface area contributed by atoms with Gasteiger partial charge in [0, 0.05) is 23.5 Å². The molecule has 0 bridgehead atoms. The molecule has 2 atom stereocenters. The molecule has 0 saturated heterocycles. The van der Waals surface area contributed by atoms with E-state index in [0.29, 0.717) is 18.5 Å². The number of hydrogen-bond acceptors (Lipinski definition) is 2. The zero-order valence-electron chi connectivity index (χ0n) is 10.8. The molecule has 1 N–H and O–H groups in total. The lowest BCUT2D eigenvalue weighted by Crippen LogP contribution is -2.36. The molecular weight excluding hydrogens is 262 g/mol. The van der Waals surface area contributed by atoms with Crippen LogP contribution in [0.5, 0.6) is 0 Å². The van der Waals surface area contributed by atoms with Crippen LogP contribution >= 0.6 is 11.6 Å². The zero-order chi connectivity index (χ0) is 13.4. The Kier molecular flexibility index (Phi) is 3.50. The molecule has 2 saturated carbocycles. The number of nitrogens with zero attached hydrogens (tertiary/aromatic N) is 1. The van der Waals surface area contributed by atoms with E-state index in [1.807, 2.05) is 29.2 Å². The molecule has 0 radical (unpaired) electrons. The zero-order valence-corrected chi connectivity index (χ0v) is 11.5. The van der Waals surface area contributed by atoms with E-state index in [9.17, 15) is 4.79 Å². The molecule has 1 aromatic rings. The number of aliphatic hydroxyl groups excluding tert-OH is 1. The molecule has 3 rings (SSSR count). The first-order valence-corrected chi connectivity index (χ1v) is 7.25. The van der Waals surface area contributed by atoms with E-state index < -0.39 is 0 Å². The van der Waals surface area contributed by atoms with Crippen LogP contribution in [0.1, 0.15) is 30.7 Å². The highest BCUT2D eigenvalue weighted by Crippen LogP contribution is 2.49. The van der Waals surface area contributed by atoms with Gasteiger partial charge in [0.05, 0.1) is 6.61 Å². The molecule has 3 nitrogen and oxygen atoms in total. The third-order valence-electron chi connectivity index (χ3n) is 4.02. The van der Waals surface area contributed by atoms with Crippen LogP contribution in [0, 0.1) is 5.92 Å². The van der Waals surface area contributed by atoms with Crippen LogP contribution in [0.2, 0.25) is 5.02 Å². The van der Waals surface area contributed by atoms with Crippen molar-refractivity contribution in [2.75, 3.05) is 13.2 Å². The quantitative estimate of drug-likeness (QED) is 0.899. The molecule has 0 aromatic heterocycles. The maximum absolute atomic E-state index is 12.4. The monoisotopic (exact) mass is 279 g/mol. The summed E-state index contributed by atoms with van der Waals surface area (Å²) in [6.07, 6.45) is 3.10. The topological polar surface area (TPSA) is 40.5 Å². The standard InChI is InChI=1S/C15H18ClNO2/c16-11-3-1-10(2-4-11)13-9-14(13)15(19)17(7-8-18)12-5-6-12/h1-4,12-14,18H,5-9H2. The van der Waals surface area contributed by atoms with Crippen LogP contribution in [0.3, 0.4) is 0 Å². The third kappa shape index (κ3) is 2.77. The van der Waals surface area contributed by atoms with E-state index >= 15 is 0 Å². The summed E-state index contributed by atoms with van der Waals surface area (Å²) in [5.41, 5.74) is 1.20. The first-order chi connectivity index (χ1) is 9.20. The molecule has 19 heavy (non-hydrogen) atoms. The van der Waals surface area contributed by atoms with Crippen molar-refractivity contribution in [3.8, 4) is 0 Å². The normalized spacial score (nSPS) is 25.2. The van der Waals surface area contributed by atoms with Gasteiger partial charge < -0.3 is 10.0 Å². The molecule has 1 aromatic carbocycles. The van der Waals surface area contributed by atoms with Gasteiger partial charge in [0.2, 0.25) is 5.91 Å². The van der Waals surface area contributed by atoms with Crippen molar-refractivity contribution in [1.29, 1.82) is 0 Å². The maximum atomic E-state index is 12.4. The lowest BCUT2D eigenvalue weighted by Gasteiger charge is -2.21. The van der Waals surface area contributed by atoms with Crippen molar-refractivity contribution >= 4 is 17.5 Å². The van der Waals surface area contributed by atoms with Gasteiger partial charge in [-0.2, -0.15) is 0 Å². The Morgan fingerprint density at radius 3 is 2.58 bits per heavy atom. The van der Waals surface area contributed by atoms with Gasteiger partial charge in [0.25, 0.3) is 0 Å². The van der Waals surface area contributed by atoms with Crippen LogP contribution in [0.15, 0.2) is 24.3 Å². The van der Waals surface area contributed by atoms with Gasteiger partial charge in [-0.25, -0.2) is 0 Å². The van der Waals surface area contributed by atoms with Gasteiger partial charge in [-0.3, -0.25) is 4.79 Å². The Hall–Kier alpha value is -1.06. The van der Waals surface area contributed by atoms with Crippen molar-refractivity contribution in [1.82, 2.24) is 4.90 Å². The molecule has 102 valence electrons. The van der Waals surface area contributed by atoms with E-state index in [-0.39, 0.29) is 18.4 Å². The average Bonchev–Trinajstić information content (AvgIpc) is 3.28. The second kappa shape index (κ2) is 5.14. The number of hydrogen-bond donors (Lipinski definition) is 1. The summed E-state index contributed by atoms with van der Waals surface area (Å²) in [6.45, 7) is 0.536. The summed E-state index contributed by atoms with van der Waals surface area (Å²) >= 11 is 5.87. The predicted molar refractivity (Wildman–Crippen MR) is 74.1 cm³/mol. The average molecular weight is 280 g/mol. The number of aliphatic hydroxyl groups is 1. The number of carbonyl (C=O) groups excluding carboxylic acids is 1. The van der Waals surface area contributed by atoms with Gasteiger partial charge in [-0.1, -0.05) is 23.7 Å². The molecule has 4 heteroatoms. The second-order valence-electron chi connectivity index (χ2n) is 5.49. The molecule has 0 spiro atoms. The molecule has 2 aliphatic rings. The minimum Gasteiger partial charge on any atom is -0.395 e. The Labute approximate surface area is 118 Å². The molecular formula is C15H18ClNO2. The fourth-order valence-electron chi connectivity index (χ4n) is 2.73. The minimum atomic E-state index is 0.0561. The van der Waals surface area contributed by atoms with Crippen molar-refractivity contribution in [2.24, 2.45) is 5.92 Å². The van der Waals surface area contributed by atoms with Gasteiger partial charge >= 0.3 is 0 Å². The summed E-state index contributed by atoms with van der Waals surface area (Å²) < 4.78 is 0. The number of amides is 1. The van der Waals surface area contributed by atoms with Gasteiger partial charge in [-0.15, -0.1) is 0 Å². The number of halogens is 1. The van der Waals surface area contributed by atoms with Crippen molar-refractivity contribution < 1.29 is 9.90 Å². The second-order valence-corrected chi connectivity index (χ2v) is 5.92. The fraction of sp³-hybridized carbons (Fsp3) is 0.533. The van der Waals surface area contributed by atoms with Crippen LogP contribution in [-0.2, 0) is 4.79 Å². The van der Waals surface area contributed by atoms with E-state index in [0.717, 1.165) is 24.3 Å². The highest BCUT2D eigenvalue weighted by atomic mass is 35.5. The van der Waals surface area contributed by atoms with Crippen LogP contribution < -0.4 is 0 Å². The molecule has 0 aliphatic heterocycles. The largest absolute Gasteiger partial charge is 0.395 e. The van der Waals surface area contributed by atoms with E-state index in [1.165, 1.54) is 5.56 Å². The number of benzene rings is 1. The Morgan fingerprint density at radius 1 is 1.32 bits per heavy atom. The third-order valence-corrected chi connectivity index (χ3v) is 4.27. The highest BCUT2D eigenvalue weighted by Gasteiger charge is 2.47. The summed E-state index contributed by atoms with van der Waals surface area (Å²) in [5, 5.41) is 9.80. The minimum absolute atomic E-state index is 0.0561. The summed E-state index contributed by atoms with van der Waals surface area (Å²) in [7, 11) is 0. The van der Waals surface area contributed by atoms with Gasteiger partial charge in [0.15, 0.2) is 0 Å². The van der Waals surface area contributed by atoms with Crippen LogP contribution in [0.25, 0.3) is 0 Å². The first kappa shape index (κ1) is 12.9. The summed E-state index contributed by atoms with van der Waals surface area (Å²) in [4.78, 5) is 14.3. The Morgan fingerprint density at radius 2 is 2.00 bits per heavy atom. The van der Waals surface area contributed by atoms with Crippen molar-refractivity contribution in [3.05, 3.63) is 34.9 Å². The van der Waals surface area contributed by atoms with Gasteiger partial charge in [0.1, 0.15) is 0 Å². The SMILES string of the molecule is O=C(C1CC1c1ccc(Cl)cc1)N(CCO)C1CC1. The smallest absolute Gasteiger partial charge is 0.226 e. The Bertz CT molecular complexity index is 470. The first-order valence-electron chi connectivity index (χ1n) is 6.87. The fourth-order valence-corrected chi connectivity index (χ4v) is 2.85. The van der Waals surface area contributed by atoms with E-state index in [1.54, 1.807) is 0 Å². The molecule has 2 unspecified atom stereocenters. The highest BCUT2D eigenvalue weighted by molar-refractivity contribution is 6.30. The lowest BCUT2D eigenvalue weighted by molar-refractivity contribution is -0.133. The number of carbonyl (C=O) groups is 1. The van der Waals surface area contributed by atoms with Crippen molar-refractivity contribution in [2.45, 2.75) is 31.2 Å².